The normalized spacial score (nSPS) is 19.4. The Labute approximate surface area is 96.2 Å². The molecule has 1 aliphatic heterocycles. The van der Waals surface area contributed by atoms with E-state index in [0.29, 0.717) is 13.0 Å². The number of hydrogen-bond donors (Lipinski definition) is 1. The maximum Gasteiger partial charge on any atom is 0.227 e. The number of amides is 1. The zero-order valence-electron chi connectivity index (χ0n) is 9.65. The van der Waals surface area contributed by atoms with Crippen LogP contribution in [-0.2, 0) is 11.2 Å². The third kappa shape index (κ3) is 2.09. The van der Waals surface area contributed by atoms with Gasteiger partial charge in [-0.3, -0.25) is 4.79 Å². The Hall–Kier alpha value is -1.35. The van der Waals surface area contributed by atoms with Crippen molar-refractivity contribution in [2.75, 3.05) is 11.4 Å². The number of carbonyl (C=O) groups excluding carboxylic acids is 1. The fourth-order valence-electron chi connectivity index (χ4n) is 2.21. The molecular formula is C13H18N2O. The summed E-state index contributed by atoms with van der Waals surface area (Å²) in [5.41, 5.74) is 8.21. The van der Waals surface area contributed by atoms with E-state index in [1.165, 1.54) is 5.56 Å². The zero-order chi connectivity index (χ0) is 11.5. The molecule has 3 nitrogen and oxygen atoms in total. The lowest BCUT2D eigenvalue weighted by Gasteiger charge is -2.33. The first kappa shape index (κ1) is 11.1. The second-order valence-corrected chi connectivity index (χ2v) is 4.35. The minimum atomic E-state index is 0.0655. The molecule has 86 valence electrons. The molecular weight excluding hydrogens is 200 g/mol. The summed E-state index contributed by atoms with van der Waals surface area (Å²) in [5, 5.41) is 0. The molecule has 0 spiro atoms. The van der Waals surface area contributed by atoms with Gasteiger partial charge in [0.15, 0.2) is 0 Å². The molecule has 0 aromatic heterocycles. The van der Waals surface area contributed by atoms with Crippen molar-refractivity contribution in [3.05, 3.63) is 29.8 Å². The molecule has 0 radical (unpaired) electrons. The largest absolute Gasteiger partial charge is 0.326 e. The van der Waals surface area contributed by atoms with Crippen LogP contribution in [0, 0.1) is 0 Å². The number of fused-ring (bicyclic) bond motifs is 1. The van der Waals surface area contributed by atoms with Gasteiger partial charge in [0.05, 0.1) is 0 Å². The van der Waals surface area contributed by atoms with Gasteiger partial charge < -0.3 is 10.6 Å². The Morgan fingerprint density at radius 1 is 1.50 bits per heavy atom. The molecule has 1 aromatic rings. The monoisotopic (exact) mass is 218 g/mol. The first-order valence-electron chi connectivity index (χ1n) is 5.86. The number of para-hydroxylation sites is 1. The van der Waals surface area contributed by atoms with Crippen LogP contribution in [0.3, 0.4) is 0 Å². The van der Waals surface area contributed by atoms with Gasteiger partial charge in [0, 0.05) is 24.7 Å². The van der Waals surface area contributed by atoms with E-state index in [4.69, 9.17) is 5.73 Å². The van der Waals surface area contributed by atoms with Gasteiger partial charge in [0.25, 0.3) is 0 Å². The van der Waals surface area contributed by atoms with Crippen molar-refractivity contribution in [1.82, 2.24) is 0 Å². The lowest BCUT2D eigenvalue weighted by Crippen LogP contribution is -2.46. The van der Waals surface area contributed by atoms with Gasteiger partial charge in [-0.05, 0) is 24.5 Å². The van der Waals surface area contributed by atoms with Crippen molar-refractivity contribution in [2.45, 2.75) is 32.2 Å². The summed E-state index contributed by atoms with van der Waals surface area (Å²) in [4.78, 5) is 13.8. The van der Waals surface area contributed by atoms with E-state index in [1.807, 2.05) is 30.0 Å². The minimum Gasteiger partial charge on any atom is -0.326 e. The topological polar surface area (TPSA) is 46.3 Å². The minimum absolute atomic E-state index is 0.0655. The lowest BCUT2D eigenvalue weighted by molar-refractivity contribution is -0.118. The van der Waals surface area contributed by atoms with Crippen LogP contribution in [0.1, 0.15) is 25.3 Å². The van der Waals surface area contributed by atoms with Crippen molar-refractivity contribution in [1.29, 1.82) is 0 Å². The highest BCUT2D eigenvalue weighted by Crippen LogP contribution is 2.26. The Morgan fingerprint density at radius 3 is 3.00 bits per heavy atom. The molecule has 0 bridgehead atoms. The number of anilines is 1. The molecule has 1 heterocycles. The molecule has 16 heavy (non-hydrogen) atoms. The number of rotatable bonds is 2. The van der Waals surface area contributed by atoms with Gasteiger partial charge in [-0.25, -0.2) is 0 Å². The summed E-state index contributed by atoms with van der Waals surface area (Å²) in [6.07, 6.45) is 2.35. The molecule has 0 saturated carbocycles. The fourth-order valence-corrected chi connectivity index (χ4v) is 2.21. The van der Waals surface area contributed by atoms with Gasteiger partial charge >= 0.3 is 0 Å². The van der Waals surface area contributed by atoms with Gasteiger partial charge in [-0.15, -0.1) is 0 Å². The molecule has 1 unspecified atom stereocenters. The van der Waals surface area contributed by atoms with Crippen molar-refractivity contribution >= 4 is 11.6 Å². The van der Waals surface area contributed by atoms with E-state index in [9.17, 15) is 4.79 Å². The van der Waals surface area contributed by atoms with E-state index in [2.05, 4.69) is 6.07 Å². The lowest BCUT2D eigenvalue weighted by atomic mass is 9.98. The summed E-state index contributed by atoms with van der Waals surface area (Å²) >= 11 is 0. The van der Waals surface area contributed by atoms with Crippen LogP contribution in [-0.4, -0.2) is 18.5 Å². The van der Waals surface area contributed by atoms with Gasteiger partial charge in [-0.1, -0.05) is 25.1 Å². The maximum absolute atomic E-state index is 12.0. The van der Waals surface area contributed by atoms with Crippen LogP contribution in [0.2, 0.25) is 0 Å². The first-order valence-corrected chi connectivity index (χ1v) is 5.86. The number of hydrogen-bond acceptors (Lipinski definition) is 2. The summed E-state index contributed by atoms with van der Waals surface area (Å²) < 4.78 is 0. The van der Waals surface area contributed by atoms with Crippen LogP contribution < -0.4 is 10.6 Å². The van der Waals surface area contributed by atoms with E-state index < -0.39 is 0 Å². The maximum atomic E-state index is 12.0. The quantitative estimate of drug-likeness (QED) is 0.821. The molecule has 2 N–H and O–H groups in total. The second kappa shape index (κ2) is 4.66. The Kier molecular flexibility index (Phi) is 3.25. The predicted molar refractivity (Wildman–Crippen MR) is 65.4 cm³/mol. The van der Waals surface area contributed by atoms with Crippen molar-refractivity contribution in [3.63, 3.8) is 0 Å². The molecule has 1 amide bonds. The average Bonchev–Trinajstić information content (AvgIpc) is 2.28. The van der Waals surface area contributed by atoms with Crippen LogP contribution in [0.5, 0.6) is 0 Å². The third-order valence-corrected chi connectivity index (χ3v) is 2.95. The molecule has 0 saturated heterocycles. The van der Waals surface area contributed by atoms with Crippen LogP contribution >= 0.6 is 0 Å². The predicted octanol–water partition coefficient (Wildman–Crippen LogP) is 1.70. The van der Waals surface area contributed by atoms with Crippen LogP contribution in [0.25, 0.3) is 0 Å². The van der Waals surface area contributed by atoms with E-state index in [1.54, 1.807) is 0 Å². The molecule has 0 aliphatic carbocycles. The molecule has 1 aliphatic rings. The summed E-state index contributed by atoms with van der Waals surface area (Å²) in [5.74, 6) is 0.185. The highest BCUT2D eigenvalue weighted by Gasteiger charge is 2.25. The van der Waals surface area contributed by atoms with E-state index in [-0.39, 0.29) is 11.9 Å². The molecule has 1 aromatic carbocycles. The van der Waals surface area contributed by atoms with Crippen LogP contribution in [0.15, 0.2) is 24.3 Å². The first-order chi connectivity index (χ1) is 7.72. The highest BCUT2D eigenvalue weighted by atomic mass is 16.2. The zero-order valence-corrected chi connectivity index (χ0v) is 9.65. The number of benzene rings is 1. The summed E-state index contributed by atoms with van der Waals surface area (Å²) in [6.45, 7) is 2.67. The highest BCUT2D eigenvalue weighted by molar-refractivity contribution is 5.94. The average molecular weight is 218 g/mol. The van der Waals surface area contributed by atoms with E-state index in [0.717, 1.165) is 18.5 Å². The standard InChI is InChI=1S/C13H18N2O/c1-2-5-13(16)15-9-11(14)8-10-6-3-4-7-12(10)15/h3-4,6-7,11H,2,5,8-9,14H2,1H3. The number of nitrogens with zero attached hydrogens (tertiary/aromatic N) is 1. The Morgan fingerprint density at radius 2 is 2.25 bits per heavy atom. The van der Waals surface area contributed by atoms with Gasteiger partial charge in [0.2, 0.25) is 5.91 Å². The molecule has 0 fully saturated rings. The molecule has 1 atom stereocenters. The Balaban J connectivity index is 2.30. The fraction of sp³-hybridized carbons (Fsp3) is 0.462. The molecule has 2 rings (SSSR count). The SMILES string of the molecule is CCCC(=O)N1CC(N)Cc2ccccc21. The van der Waals surface area contributed by atoms with E-state index >= 15 is 0 Å². The number of carbonyl (C=O) groups is 1. The molecule has 3 heteroatoms. The van der Waals surface area contributed by atoms with Crippen molar-refractivity contribution in [3.8, 4) is 0 Å². The van der Waals surface area contributed by atoms with Crippen LogP contribution in [0.4, 0.5) is 5.69 Å². The summed E-state index contributed by atoms with van der Waals surface area (Å²) in [6, 6.07) is 8.10. The third-order valence-electron chi connectivity index (χ3n) is 2.95. The Bertz CT molecular complexity index is 389. The summed E-state index contributed by atoms with van der Waals surface area (Å²) in [7, 11) is 0. The second-order valence-electron chi connectivity index (χ2n) is 4.35. The van der Waals surface area contributed by atoms with Crippen molar-refractivity contribution in [2.24, 2.45) is 5.73 Å². The van der Waals surface area contributed by atoms with Gasteiger partial charge in [-0.2, -0.15) is 0 Å². The smallest absolute Gasteiger partial charge is 0.227 e. The number of nitrogens with two attached hydrogens (primary N) is 1. The van der Waals surface area contributed by atoms with Gasteiger partial charge in [0.1, 0.15) is 0 Å². The van der Waals surface area contributed by atoms with Crippen molar-refractivity contribution < 1.29 is 4.79 Å².